The summed E-state index contributed by atoms with van der Waals surface area (Å²) in [7, 11) is 0. The Morgan fingerprint density at radius 2 is 0.862 bits per heavy atom. The van der Waals surface area contributed by atoms with Crippen molar-refractivity contribution in [2.45, 2.75) is 194 Å². The number of H-pyrrole nitrogens is 1. The second-order valence-corrected chi connectivity index (χ2v) is 28.5. The van der Waals surface area contributed by atoms with Crippen molar-refractivity contribution in [2.24, 2.45) is 0 Å². The summed E-state index contributed by atoms with van der Waals surface area (Å²) in [6, 6.07) is 43.1. The number of carbonyl (C=O) groups excluding carboxylic acids is 6. The van der Waals surface area contributed by atoms with Crippen LogP contribution in [0.5, 0.6) is 5.75 Å². The number of aromatic nitrogens is 2. The fourth-order valence-corrected chi connectivity index (χ4v) is 13.0. The van der Waals surface area contributed by atoms with Crippen LogP contribution in [0.3, 0.4) is 0 Å². The number of carbonyl (C=O) groups is 6. The molecule has 94 heavy (non-hydrogen) atoms. The summed E-state index contributed by atoms with van der Waals surface area (Å²) in [5, 5.41) is 5.49. The van der Waals surface area contributed by atoms with Gasteiger partial charge >= 0.3 is 12.0 Å². The number of anilines is 1. The van der Waals surface area contributed by atoms with Crippen LogP contribution >= 0.6 is 0 Å². The van der Waals surface area contributed by atoms with Gasteiger partial charge in [0.15, 0.2) is 0 Å². The van der Waals surface area contributed by atoms with Crippen molar-refractivity contribution in [3.8, 4) is 5.75 Å². The molecule has 1 aromatic heterocycles. The Bertz CT molecular complexity index is 3680. The van der Waals surface area contributed by atoms with E-state index in [-0.39, 0.29) is 74.9 Å². The minimum absolute atomic E-state index is 0.00934. The van der Waals surface area contributed by atoms with E-state index in [2.05, 4.69) is 187 Å². The predicted octanol–water partition coefficient (Wildman–Crippen LogP) is 16.2. The number of amides is 6. The quantitative estimate of drug-likeness (QED) is 0.0169. The molecule has 0 saturated heterocycles. The van der Waals surface area contributed by atoms with Gasteiger partial charge in [-0.15, -0.1) is 0 Å². The summed E-state index contributed by atoms with van der Waals surface area (Å²) < 4.78 is 11.7. The first kappa shape index (κ1) is 69.6. The van der Waals surface area contributed by atoms with Crippen LogP contribution in [0.2, 0.25) is 0 Å². The molecule has 496 valence electrons. The van der Waals surface area contributed by atoms with Crippen LogP contribution in [-0.2, 0) is 37.6 Å². The average Bonchev–Trinajstić information content (AvgIpc) is 0.723. The molecule has 9 rings (SSSR count). The summed E-state index contributed by atoms with van der Waals surface area (Å²) in [4.78, 5) is 102. The topological polar surface area (TPSA) is 197 Å². The number of benzene rings is 6. The standard InChI is InChI=1S/C79H96N6O9/c1-11-12-13-14-17-20-23-26-60-51-66(86)82-74(81-60)83-75(92)80-47-50-94-67(87)52-85-72(90)64-45-43-62-68-63(44-46-65(69(64)68)73(85)91)71(89)84(70(62)88)48-24-21-18-15-16-19-22-25-49-93-61-41-39-59(40-42-61)79(56-33-27-53(28-34-56)76(2,3)4,57-35-29-54(30-36-57)77(5,6)7)58-37-31-55(32-38-58)78(8,9)10/h27-46,51H,11-26,47-50,52H2,1-10H3,(H3,80,81,82,83,86,92). The highest BCUT2D eigenvalue weighted by Crippen LogP contribution is 2.47. The maximum atomic E-state index is 14.0. The lowest BCUT2D eigenvalue weighted by atomic mass is 9.64. The van der Waals surface area contributed by atoms with Gasteiger partial charge in [0.25, 0.3) is 29.2 Å². The number of rotatable bonds is 30. The van der Waals surface area contributed by atoms with Crippen LogP contribution in [0.15, 0.2) is 132 Å². The second-order valence-electron chi connectivity index (χ2n) is 28.5. The molecule has 15 nitrogen and oxygen atoms in total. The van der Waals surface area contributed by atoms with Gasteiger partial charge in [-0.2, -0.15) is 0 Å². The lowest BCUT2D eigenvalue weighted by molar-refractivity contribution is -0.143. The van der Waals surface area contributed by atoms with Gasteiger partial charge in [-0.25, -0.2) is 9.78 Å². The zero-order valence-electron chi connectivity index (χ0n) is 57.0. The van der Waals surface area contributed by atoms with Crippen LogP contribution < -0.4 is 20.9 Å². The molecule has 0 atom stereocenters. The third-order valence-corrected chi connectivity index (χ3v) is 18.4. The van der Waals surface area contributed by atoms with Crippen LogP contribution in [0.4, 0.5) is 10.7 Å². The highest BCUT2D eigenvalue weighted by atomic mass is 16.5. The van der Waals surface area contributed by atoms with Gasteiger partial charge in [0.05, 0.1) is 18.6 Å². The van der Waals surface area contributed by atoms with Crippen LogP contribution in [0.1, 0.15) is 252 Å². The Kier molecular flexibility index (Phi) is 22.6. The molecule has 6 aromatic carbocycles. The minimum atomic E-state index is -0.892. The van der Waals surface area contributed by atoms with Crippen LogP contribution in [-0.4, -0.2) is 88.2 Å². The average molecular weight is 1270 g/mol. The Hall–Kier alpha value is -8.72. The number of unbranched alkanes of at least 4 members (excludes halogenated alkanes) is 13. The van der Waals surface area contributed by atoms with Crippen molar-refractivity contribution in [3.05, 3.63) is 205 Å². The first-order chi connectivity index (χ1) is 44.9. The number of nitrogens with zero attached hydrogens (tertiary/aromatic N) is 3. The molecule has 2 aliphatic heterocycles. The molecule has 0 saturated carbocycles. The van der Waals surface area contributed by atoms with Crippen molar-refractivity contribution < 1.29 is 38.2 Å². The van der Waals surface area contributed by atoms with Gasteiger partial charge in [-0.05, 0) is 117 Å². The smallest absolute Gasteiger partial charge is 0.326 e. The Labute approximate surface area is 555 Å². The number of nitrogens with one attached hydrogen (secondary N) is 3. The molecule has 0 spiro atoms. The number of urea groups is 1. The van der Waals surface area contributed by atoms with E-state index in [4.69, 9.17) is 9.47 Å². The SMILES string of the molecule is CCCCCCCCCc1cc(=O)[nH]c(NC(=O)NCCOC(=O)CN2C(=O)c3ccc4c5c(ccc(c35)C2=O)C(=O)N(CCCCCCCCCCOc2ccc(C(c3ccc(C(C)(C)C)cc3)(c3ccc(C(C)(C)C)cc3)c3ccc(C(C)(C)C)cc3)cc2)C4=O)n1. The fourth-order valence-electron chi connectivity index (χ4n) is 13.0. The fraction of sp³-hybridized carbons (Fsp3) is 0.443. The van der Waals surface area contributed by atoms with E-state index in [0.29, 0.717) is 25.1 Å². The molecule has 3 heterocycles. The summed E-state index contributed by atoms with van der Waals surface area (Å²) in [5.41, 5.74) is 8.90. The molecular weight excluding hydrogens is 1180 g/mol. The van der Waals surface area contributed by atoms with Crippen LogP contribution in [0.25, 0.3) is 10.8 Å². The number of esters is 1. The second kappa shape index (κ2) is 30.6. The van der Waals surface area contributed by atoms with Gasteiger partial charge in [0.2, 0.25) is 5.95 Å². The van der Waals surface area contributed by atoms with Gasteiger partial charge < -0.3 is 14.8 Å². The van der Waals surface area contributed by atoms with E-state index >= 15 is 0 Å². The van der Waals surface area contributed by atoms with E-state index in [0.717, 1.165) is 74.9 Å². The number of hydrogen-bond acceptors (Lipinski definition) is 10. The zero-order valence-corrected chi connectivity index (χ0v) is 57.0. The highest BCUT2D eigenvalue weighted by Gasteiger charge is 2.42. The maximum Gasteiger partial charge on any atom is 0.326 e. The molecule has 0 fully saturated rings. The first-order valence-electron chi connectivity index (χ1n) is 34.1. The van der Waals surface area contributed by atoms with Gasteiger partial charge in [0, 0.05) is 51.3 Å². The molecule has 0 unspecified atom stereocenters. The molecule has 2 aliphatic rings. The number of imide groups is 2. The molecule has 3 N–H and O–H groups in total. The van der Waals surface area contributed by atoms with Gasteiger partial charge in [-0.3, -0.25) is 48.9 Å². The summed E-state index contributed by atoms with van der Waals surface area (Å²) in [6.07, 6.45) is 16.0. The molecule has 7 aromatic rings. The van der Waals surface area contributed by atoms with E-state index in [1.165, 1.54) is 99.9 Å². The number of aromatic amines is 1. The lowest BCUT2D eigenvalue weighted by Gasteiger charge is -2.38. The Morgan fingerprint density at radius 3 is 1.31 bits per heavy atom. The monoisotopic (exact) mass is 1270 g/mol. The highest BCUT2D eigenvalue weighted by molar-refractivity contribution is 6.33. The summed E-state index contributed by atoms with van der Waals surface area (Å²) in [5.74, 6) is -2.56. The Balaban J connectivity index is 0.715. The van der Waals surface area contributed by atoms with E-state index < -0.39 is 53.1 Å². The number of aryl methyl sites for hydroxylation is 1. The predicted molar refractivity (Wildman–Crippen MR) is 373 cm³/mol. The molecule has 6 amide bonds. The molecule has 0 aliphatic carbocycles. The van der Waals surface area contributed by atoms with E-state index in [1.54, 1.807) is 0 Å². The van der Waals surface area contributed by atoms with Crippen molar-refractivity contribution in [1.82, 2.24) is 25.1 Å². The molecule has 0 bridgehead atoms. The lowest BCUT2D eigenvalue weighted by Crippen LogP contribution is -2.45. The summed E-state index contributed by atoms with van der Waals surface area (Å²) in [6.45, 7) is 22.3. The van der Waals surface area contributed by atoms with Crippen LogP contribution in [0, 0.1) is 0 Å². The minimum Gasteiger partial charge on any atom is -0.494 e. The number of ether oxygens (including phenoxy) is 2. The first-order valence-corrected chi connectivity index (χ1v) is 34.1. The third kappa shape index (κ3) is 16.4. The number of hydrogen-bond donors (Lipinski definition) is 3. The van der Waals surface area contributed by atoms with Gasteiger partial charge in [-0.1, -0.05) is 231 Å². The molecule has 15 heteroatoms. The van der Waals surface area contributed by atoms with Crippen molar-refractivity contribution in [1.29, 1.82) is 0 Å². The van der Waals surface area contributed by atoms with E-state index in [1.807, 2.05) is 0 Å². The normalized spacial score (nSPS) is 13.4. The third-order valence-electron chi connectivity index (χ3n) is 18.4. The molecule has 0 radical (unpaired) electrons. The summed E-state index contributed by atoms with van der Waals surface area (Å²) >= 11 is 0. The van der Waals surface area contributed by atoms with E-state index in [9.17, 15) is 33.6 Å². The Morgan fingerprint density at radius 1 is 0.468 bits per heavy atom. The van der Waals surface area contributed by atoms with Crippen molar-refractivity contribution >= 4 is 52.3 Å². The van der Waals surface area contributed by atoms with Crippen molar-refractivity contribution in [2.75, 3.05) is 38.2 Å². The maximum absolute atomic E-state index is 14.0. The van der Waals surface area contributed by atoms with Gasteiger partial charge in [0.1, 0.15) is 18.9 Å². The zero-order chi connectivity index (χ0) is 67.4. The largest absolute Gasteiger partial charge is 0.494 e. The van der Waals surface area contributed by atoms with Crippen molar-refractivity contribution in [3.63, 3.8) is 0 Å². The molecular formula is C79H96N6O9.